The van der Waals surface area contributed by atoms with Gasteiger partial charge in [-0.1, -0.05) is 51.1 Å². The molecule has 4 amide bonds. The molecule has 2 aliphatic heterocycles. The highest BCUT2D eigenvalue weighted by Gasteiger charge is 2.44. The largest absolute Gasteiger partial charge is 0.371 e. The van der Waals surface area contributed by atoms with Gasteiger partial charge in [-0.05, 0) is 56.1 Å². The number of carbonyl (C=O) groups excluding carboxylic acids is 4. The molecule has 0 aliphatic carbocycles. The Hall–Kier alpha value is -4.09. The van der Waals surface area contributed by atoms with Crippen LogP contribution < -0.4 is 37.6 Å². The summed E-state index contributed by atoms with van der Waals surface area (Å²) < 4.78 is 0. The van der Waals surface area contributed by atoms with Gasteiger partial charge in [-0.2, -0.15) is 0 Å². The van der Waals surface area contributed by atoms with Gasteiger partial charge in [-0.3, -0.25) is 24.6 Å². The first kappa shape index (κ1) is 31.4. The summed E-state index contributed by atoms with van der Waals surface area (Å²) in [6.45, 7) is 6.56. The van der Waals surface area contributed by atoms with Crippen molar-refractivity contribution in [1.29, 1.82) is 5.41 Å². The van der Waals surface area contributed by atoms with Crippen molar-refractivity contribution in [3.05, 3.63) is 47.7 Å². The lowest BCUT2D eigenvalue weighted by atomic mass is 9.81. The first-order valence-electron chi connectivity index (χ1n) is 14.4. The maximum Gasteiger partial charge on any atom is 0.250 e. The predicted octanol–water partition coefficient (Wildman–Crippen LogP) is 0.669. The summed E-state index contributed by atoms with van der Waals surface area (Å²) in [4.78, 5) is 53.6. The van der Waals surface area contributed by atoms with Crippen LogP contribution in [0.5, 0.6) is 0 Å². The van der Waals surface area contributed by atoms with E-state index in [1.165, 1.54) is 0 Å². The zero-order valence-corrected chi connectivity index (χ0v) is 24.1. The fourth-order valence-corrected chi connectivity index (χ4v) is 4.94. The molecule has 224 valence electrons. The molecule has 0 unspecified atom stereocenters. The van der Waals surface area contributed by atoms with Crippen LogP contribution >= 0.6 is 0 Å². The summed E-state index contributed by atoms with van der Waals surface area (Å²) in [6, 6.07) is 6.20. The van der Waals surface area contributed by atoms with Crippen LogP contribution in [0, 0.1) is 11.3 Å². The summed E-state index contributed by atoms with van der Waals surface area (Å²) in [7, 11) is 0. The standard InChI is InChI=1S/C29H44N8O4/c1-4-20-24(38)36-23(19-11-6-5-7-12-19)26(40)32-15-9-8-14-29(17-22(37-29)18(2)3)27(41)35-21(25(39)34-20)13-10-16-33-28(30)31/h5-7,11-12,17-18,20-21,23,37H,4,8-10,13-16H2,1-3H3,(H,32,40)(H,34,39)(H,35,41)(H,36,38)(H4,30,31,33)/t20-,21-,23+,29-/m1/s1. The molecule has 3 rings (SSSR count). The van der Waals surface area contributed by atoms with E-state index < -0.39 is 35.5 Å². The number of nitrogens with one attached hydrogen (secondary N) is 7. The zero-order chi connectivity index (χ0) is 30.0. The minimum atomic E-state index is -0.967. The maximum atomic E-state index is 13.6. The van der Waals surface area contributed by atoms with Crippen molar-refractivity contribution in [3.8, 4) is 0 Å². The van der Waals surface area contributed by atoms with Gasteiger partial charge in [-0.25, -0.2) is 0 Å². The van der Waals surface area contributed by atoms with E-state index in [1.807, 2.05) is 26.0 Å². The van der Waals surface area contributed by atoms with Gasteiger partial charge in [0, 0.05) is 18.8 Å². The third kappa shape index (κ3) is 8.45. The Bertz CT molecular complexity index is 1140. The number of hydrogen-bond acceptors (Lipinski definition) is 6. The Morgan fingerprint density at radius 3 is 2.34 bits per heavy atom. The van der Waals surface area contributed by atoms with Crippen LogP contribution in [0.25, 0.3) is 0 Å². The quantitative estimate of drug-likeness (QED) is 0.135. The number of rotatable bonds is 7. The molecule has 12 heteroatoms. The molecule has 0 radical (unpaired) electrons. The summed E-state index contributed by atoms with van der Waals surface area (Å²) in [6.07, 6.45) is 4.67. The highest BCUT2D eigenvalue weighted by Crippen LogP contribution is 2.31. The lowest BCUT2D eigenvalue weighted by Gasteiger charge is -2.43. The third-order valence-corrected chi connectivity index (χ3v) is 7.42. The highest BCUT2D eigenvalue weighted by molar-refractivity contribution is 5.97. The molecule has 4 atom stereocenters. The second-order valence-electron chi connectivity index (χ2n) is 10.9. The predicted molar refractivity (Wildman–Crippen MR) is 156 cm³/mol. The molecule has 1 saturated heterocycles. The number of allylic oxidation sites excluding steroid dienone is 1. The van der Waals surface area contributed by atoms with Crippen LogP contribution in [-0.4, -0.2) is 60.3 Å². The Morgan fingerprint density at radius 1 is 1.02 bits per heavy atom. The third-order valence-electron chi connectivity index (χ3n) is 7.42. The molecule has 9 N–H and O–H groups in total. The molecule has 12 nitrogen and oxygen atoms in total. The van der Waals surface area contributed by atoms with Gasteiger partial charge >= 0.3 is 0 Å². The van der Waals surface area contributed by atoms with Crippen molar-refractivity contribution < 1.29 is 19.2 Å². The van der Waals surface area contributed by atoms with E-state index in [1.54, 1.807) is 31.2 Å². The monoisotopic (exact) mass is 568 g/mol. The maximum absolute atomic E-state index is 13.6. The van der Waals surface area contributed by atoms with E-state index in [0.29, 0.717) is 44.3 Å². The molecule has 1 aromatic carbocycles. The second-order valence-corrected chi connectivity index (χ2v) is 10.9. The second kappa shape index (κ2) is 14.5. The number of guanidine groups is 1. The molecule has 41 heavy (non-hydrogen) atoms. The minimum absolute atomic E-state index is 0.180. The number of nitrogens with two attached hydrogens (primary N) is 1. The zero-order valence-electron chi connectivity index (χ0n) is 24.1. The molecule has 1 aromatic rings. The van der Waals surface area contributed by atoms with Gasteiger partial charge in [-0.15, -0.1) is 0 Å². The number of hydrogen-bond donors (Lipinski definition) is 8. The van der Waals surface area contributed by atoms with Crippen molar-refractivity contribution in [2.75, 3.05) is 13.1 Å². The molecule has 1 fully saturated rings. The fourth-order valence-electron chi connectivity index (χ4n) is 4.94. The van der Waals surface area contributed by atoms with Crippen LogP contribution in [0.4, 0.5) is 0 Å². The molecular formula is C29H44N8O4. The number of carbonyl (C=O) groups is 4. The van der Waals surface area contributed by atoms with Gasteiger partial charge in [0.25, 0.3) is 0 Å². The minimum Gasteiger partial charge on any atom is -0.371 e. The first-order valence-corrected chi connectivity index (χ1v) is 14.4. The van der Waals surface area contributed by atoms with Crippen LogP contribution in [0.1, 0.15) is 70.9 Å². The number of benzene rings is 1. The summed E-state index contributed by atoms with van der Waals surface area (Å²) in [5, 5.41) is 24.8. The molecular weight excluding hydrogens is 524 g/mol. The molecule has 0 saturated carbocycles. The summed E-state index contributed by atoms with van der Waals surface area (Å²) >= 11 is 0. The van der Waals surface area contributed by atoms with E-state index in [4.69, 9.17) is 11.1 Å². The SMILES string of the molecule is CC[C@H]1NC(=O)[C@@H](CCCNC(=N)N)NC(=O)[C@]2(C=C(C(C)C)N2)CCCCNC(=O)[C@H](c2ccccc2)NC1=O. The van der Waals surface area contributed by atoms with Gasteiger partial charge in [0.1, 0.15) is 23.7 Å². The van der Waals surface area contributed by atoms with Crippen LogP contribution in [0.15, 0.2) is 42.1 Å². The first-order chi connectivity index (χ1) is 19.6. The van der Waals surface area contributed by atoms with E-state index in [-0.39, 0.29) is 36.5 Å². The lowest BCUT2D eigenvalue weighted by molar-refractivity contribution is -0.135. The van der Waals surface area contributed by atoms with E-state index >= 15 is 0 Å². The topological polar surface area (TPSA) is 190 Å². The van der Waals surface area contributed by atoms with Crippen molar-refractivity contribution in [2.24, 2.45) is 11.7 Å². The normalized spacial score (nSPS) is 26.0. The van der Waals surface area contributed by atoms with Crippen molar-refractivity contribution in [2.45, 2.75) is 83.0 Å². The van der Waals surface area contributed by atoms with Crippen molar-refractivity contribution in [3.63, 3.8) is 0 Å². The van der Waals surface area contributed by atoms with Crippen LogP contribution in [0.3, 0.4) is 0 Å². The summed E-state index contributed by atoms with van der Waals surface area (Å²) in [5.74, 6) is -1.63. The fraction of sp³-hybridized carbons (Fsp3) is 0.552. The van der Waals surface area contributed by atoms with E-state index in [0.717, 1.165) is 5.70 Å². The average molecular weight is 569 g/mol. The summed E-state index contributed by atoms with van der Waals surface area (Å²) in [5.41, 5.74) is 6.00. The number of amides is 4. The molecule has 0 aromatic heterocycles. The molecule has 2 aliphatic rings. The Kier molecular flexibility index (Phi) is 11.1. The smallest absolute Gasteiger partial charge is 0.250 e. The van der Waals surface area contributed by atoms with Crippen molar-refractivity contribution in [1.82, 2.24) is 31.9 Å². The lowest BCUT2D eigenvalue weighted by Crippen LogP contribution is -2.65. The molecule has 0 bridgehead atoms. The Labute approximate surface area is 241 Å². The van der Waals surface area contributed by atoms with Gasteiger partial charge in [0.2, 0.25) is 23.6 Å². The van der Waals surface area contributed by atoms with Crippen LogP contribution in [-0.2, 0) is 19.2 Å². The molecule has 2 heterocycles. The Morgan fingerprint density at radius 2 is 1.71 bits per heavy atom. The van der Waals surface area contributed by atoms with Crippen LogP contribution in [0.2, 0.25) is 0 Å². The van der Waals surface area contributed by atoms with Crippen molar-refractivity contribution >= 4 is 29.6 Å². The van der Waals surface area contributed by atoms with E-state index in [9.17, 15) is 19.2 Å². The average Bonchev–Trinajstić information content (AvgIpc) is 2.91. The van der Waals surface area contributed by atoms with Gasteiger partial charge in [0.05, 0.1) is 0 Å². The Balaban J connectivity index is 1.88. The highest BCUT2D eigenvalue weighted by atomic mass is 16.2. The van der Waals surface area contributed by atoms with Gasteiger partial charge in [0.15, 0.2) is 5.96 Å². The van der Waals surface area contributed by atoms with Gasteiger partial charge < -0.3 is 37.6 Å². The molecule has 1 spiro atoms. The van der Waals surface area contributed by atoms with E-state index in [2.05, 4.69) is 31.9 Å².